The Morgan fingerprint density at radius 1 is 1.32 bits per heavy atom. The zero-order chi connectivity index (χ0) is 21.8. The topological polar surface area (TPSA) is 89.5 Å². The van der Waals surface area contributed by atoms with Crippen molar-refractivity contribution in [1.82, 2.24) is 19.9 Å². The number of hydrogen-bond acceptors (Lipinski definition) is 4. The number of aromatic amines is 1. The number of amides is 2. The van der Waals surface area contributed by atoms with Gasteiger partial charge < -0.3 is 9.88 Å². The van der Waals surface area contributed by atoms with Crippen molar-refractivity contribution in [2.75, 3.05) is 13.1 Å². The maximum Gasteiger partial charge on any atom is 0.233 e. The standard InChI is InChI=1S/C24H30N4O3/c1-2-3-4-10-19(15-27(31)16-29)24(30)28-12-7-11-22(28)23-25-20-13-17-8-5-6-9-18(17)14-21(20)26-23/h5-6,8-9,13-14,16,19,22,31H,2-4,7,10-12,15H2,1H3,(H,25,26)/t19-,22+/m1/s1. The van der Waals surface area contributed by atoms with Crippen molar-refractivity contribution in [3.05, 3.63) is 42.2 Å². The Bertz CT molecular complexity index is 1010. The molecule has 1 saturated heterocycles. The molecule has 1 aromatic heterocycles. The number of nitrogens with one attached hydrogen (secondary N) is 1. The molecular formula is C24H30N4O3. The first-order chi connectivity index (χ1) is 15.1. The summed E-state index contributed by atoms with van der Waals surface area (Å²) in [5, 5.41) is 12.6. The summed E-state index contributed by atoms with van der Waals surface area (Å²) in [6.45, 7) is 2.81. The van der Waals surface area contributed by atoms with Gasteiger partial charge in [0.2, 0.25) is 12.3 Å². The summed E-state index contributed by atoms with van der Waals surface area (Å²) in [6.07, 6.45) is 5.76. The third-order valence-corrected chi connectivity index (χ3v) is 6.25. The summed E-state index contributed by atoms with van der Waals surface area (Å²) in [5.41, 5.74) is 1.87. The summed E-state index contributed by atoms with van der Waals surface area (Å²) in [6, 6.07) is 12.3. The highest BCUT2D eigenvalue weighted by molar-refractivity contribution is 5.95. The largest absolute Gasteiger partial charge is 0.340 e. The average Bonchev–Trinajstić information content (AvgIpc) is 3.42. The number of benzene rings is 2. The molecule has 2 amide bonds. The lowest BCUT2D eigenvalue weighted by atomic mass is 9.99. The monoisotopic (exact) mass is 422 g/mol. The summed E-state index contributed by atoms with van der Waals surface area (Å²) in [4.78, 5) is 34.5. The van der Waals surface area contributed by atoms with E-state index >= 15 is 0 Å². The lowest BCUT2D eigenvalue weighted by Gasteiger charge is -2.29. The van der Waals surface area contributed by atoms with Crippen molar-refractivity contribution < 1.29 is 14.8 Å². The SMILES string of the molecule is CCCCC[C@H](CN(O)C=O)C(=O)N1CCC[C@H]1c1nc2cc3ccccc3cc2[nH]1. The Hall–Kier alpha value is -2.93. The van der Waals surface area contributed by atoms with E-state index in [2.05, 4.69) is 36.2 Å². The molecule has 2 atom stereocenters. The van der Waals surface area contributed by atoms with Crippen molar-refractivity contribution in [3.8, 4) is 0 Å². The molecule has 2 heterocycles. The molecule has 164 valence electrons. The smallest absolute Gasteiger partial charge is 0.233 e. The average molecular weight is 423 g/mol. The lowest BCUT2D eigenvalue weighted by molar-refractivity contribution is -0.157. The van der Waals surface area contributed by atoms with Crippen LogP contribution in [-0.4, -0.2) is 50.5 Å². The number of nitrogens with zero attached hydrogens (tertiary/aromatic N) is 3. The molecule has 0 radical (unpaired) electrons. The molecule has 1 aliphatic heterocycles. The fourth-order valence-corrected chi connectivity index (χ4v) is 4.63. The highest BCUT2D eigenvalue weighted by atomic mass is 16.5. The van der Waals surface area contributed by atoms with E-state index in [-0.39, 0.29) is 18.5 Å². The van der Waals surface area contributed by atoms with Crippen molar-refractivity contribution in [2.24, 2.45) is 5.92 Å². The van der Waals surface area contributed by atoms with Gasteiger partial charge in [-0.05, 0) is 42.2 Å². The molecule has 0 aliphatic carbocycles. The number of unbranched alkanes of at least 4 members (excludes halogenated alkanes) is 2. The molecular weight excluding hydrogens is 392 g/mol. The van der Waals surface area contributed by atoms with Crippen LogP contribution in [0.15, 0.2) is 36.4 Å². The van der Waals surface area contributed by atoms with E-state index in [1.54, 1.807) is 0 Å². The molecule has 4 rings (SSSR count). The summed E-state index contributed by atoms with van der Waals surface area (Å²) in [7, 11) is 0. The van der Waals surface area contributed by atoms with Crippen LogP contribution in [0.5, 0.6) is 0 Å². The Labute approximate surface area is 182 Å². The number of hydroxylamine groups is 2. The van der Waals surface area contributed by atoms with Gasteiger partial charge in [0.25, 0.3) is 0 Å². The number of fused-ring (bicyclic) bond motifs is 2. The predicted octanol–water partition coefficient (Wildman–Crippen LogP) is 4.42. The maximum atomic E-state index is 13.4. The summed E-state index contributed by atoms with van der Waals surface area (Å²) >= 11 is 0. The number of aromatic nitrogens is 2. The van der Waals surface area contributed by atoms with Gasteiger partial charge in [0, 0.05) is 6.54 Å². The molecule has 3 aromatic rings. The van der Waals surface area contributed by atoms with Crippen LogP contribution in [0.2, 0.25) is 0 Å². The maximum absolute atomic E-state index is 13.4. The second-order valence-corrected chi connectivity index (χ2v) is 8.45. The third kappa shape index (κ3) is 4.56. The van der Waals surface area contributed by atoms with Crippen LogP contribution in [0, 0.1) is 5.92 Å². The Balaban J connectivity index is 1.58. The van der Waals surface area contributed by atoms with Gasteiger partial charge in [-0.1, -0.05) is 50.5 Å². The number of likely N-dealkylation sites (tertiary alicyclic amines) is 1. The number of rotatable bonds is 9. The molecule has 0 saturated carbocycles. The van der Waals surface area contributed by atoms with Crippen molar-refractivity contribution in [2.45, 2.75) is 51.5 Å². The minimum Gasteiger partial charge on any atom is -0.340 e. The van der Waals surface area contributed by atoms with Crippen molar-refractivity contribution >= 4 is 34.1 Å². The first-order valence-corrected chi connectivity index (χ1v) is 11.2. The molecule has 0 unspecified atom stereocenters. The van der Waals surface area contributed by atoms with E-state index in [4.69, 9.17) is 4.98 Å². The molecule has 1 aliphatic rings. The van der Waals surface area contributed by atoms with Gasteiger partial charge in [-0.3, -0.25) is 14.8 Å². The van der Waals surface area contributed by atoms with Crippen LogP contribution in [0.4, 0.5) is 0 Å². The number of imidazole rings is 1. The second kappa shape index (κ2) is 9.47. The predicted molar refractivity (Wildman–Crippen MR) is 119 cm³/mol. The Kier molecular flexibility index (Phi) is 6.51. The molecule has 0 bridgehead atoms. The highest BCUT2D eigenvalue weighted by Gasteiger charge is 2.36. The normalized spacial score (nSPS) is 17.4. The lowest BCUT2D eigenvalue weighted by Crippen LogP contribution is -2.40. The van der Waals surface area contributed by atoms with E-state index < -0.39 is 5.92 Å². The van der Waals surface area contributed by atoms with E-state index in [0.717, 1.165) is 59.7 Å². The zero-order valence-electron chi connectivity index (χ0n) is 18.0. The summed E-state index contributed by atoms with van der Waals surface area (Å²) in [5.74, 6) is 0.388. The van der Waals surface area contributed by atoms with Crippen LogP contribution in [0.25, 0.3) is 21.8 Å². The molecule has 1 fully saturated rings. The van der Waals surface area contributed by atoms with Crippen LogP contribution < -0.4 is 0 Å². The highest BCUT2D eigenvalue weighted by Crippen LogP contribution is 2.34. The van der Waals surface area contributed by atoms with E-state index in [0.29, 0.717) is 24.4 Å². The van der Waals surface area contributed by atoms with Crippen molar-refractivity contribution in [3.63, 3.8) is 0 Å². The van der Waals surface area contributed by atoms with Crippen LogP contribution in [-0.2, 0) is 9.59 Å². The van der Waals surface area contributed by atoms with Gasteiger partial charge >= 0.3 is 0 Å². The molecule has 7 nitrogen and oxygen atoms in total. The van der Waals surface area contributed by atoms with Crippen LogP contribution in [0.3, 0.4) is 0 Å². The summed E-state index contributed by atoms with van der Waals surface area (Å²) < 4.78 is 0. The number of hydrogen-bond donors (Lipinski definition) is 2. The van der Waals surface area contributed by atoms with E-state index in [9.17, 15) is 14.8 Å². The van der Waals surface area contributed by atoms with Crippen LogP contribution >= 0.6 is 0 Å². The van der Waals surface area contributed by atoms with Crippen molar-refractivity contribution in [1.29, 1.82) is 0 Å². The molecule has 31 heavy (non-hydrogen) atoms. The first-order valence-electron chi connectivity index (χ1n) is 11.2. The quantitative estimate of drug-likeness (QED) is 0.231. The van der Waals surface area contributed by atoms with Gasteiger partial charge in [-0.2, -0.15) is 0 Å². The molecule has 0 spiro atoms. The van der Waals surface area contributed by atoms with Gasteiger partial charge in [0.05, 0.1) is 29.5 Å². The fourth-order valence-electron chi connectivity index (χ4n) is 4.63. The molecule has 2 N–H and O–H groups in total. The third-order valence-electron chi connectivity index (χ3n) is 6.25. The minimum atomic E-state index is -0.408. The van der Waals surface area contributed by atoms with E-state index in [1.807, 2.05) is 17.0 Å². The number of carbonyl (C=O) groups excluding carboxylic acids is 2. The molecule has 7 heteroatoms. The zero-order valence-corrected chi connectivity index (χ0v) is 18.0. The Morgan fingerprint density at radius 3 is 2.84 bits per heavy atom. The fraction of sp³-hybridized carbons (Fsp3) is 0.458. The first kappa shape index (κ1) is 21.3. The van der Waals surface area contributed by atoms with Crippen LogP contribution in [0.1, 0.15) is 57.3 Å². The number of H-pyrrole nitrogens is 1. The van der Waals surface area contributed by atoms with Gasteiger partial charge in [0.15, 0.2) is 0 Å². The minimum absolute atomic E-state index is 0.00915. The van der Waals surface area contributed by atoms with Gasteiger partial charge in [0.1, 0.15) is 5.82 Å². The number of carbonyl (C=O) groups is 2. The molecule has 2 aromatic carbocycles. The Morgan fingerprint density at radius 2 is 2.10 bits per heavy atom. The van der Waals surface area contributed by atoms with E-state index in [1.165, 1.54) is 0 Å². The second-order valence-electron chi connectivity index (χ2n) is 8.45. The van der Waals surface area contributed by atoms with Gasteiger partial charge in [-0.15, -0.1) is 0 Å². The van der Waals surface area contributed by atoms with Gasteiger partial charge in [-0.25, -0.2) is 10.0 Å².